The lowest BCUT2D eigenvalue weighted by Crippen LogP contribution is -1.95. The van der Waals surface area contributed by atoms with Gasteiger partial charge in [-0.1, -0.05) is 36.4 Å². The molecule has 2 N–H and O–H groups in total. The van der Waals surface area contributed by atoms with Crippen LogP contribution in [0.5, 0.6) is 0 Å². The number of aryl methyl sites for hydroxylation is 1. The Kier molecular flexibility index (Phi) is 3.05. The Hall–Kier alpha value is -3.67. The molecule has 126 valence electrons. The Balaban J connectivity index is 1.71. The first-order chi connectivity index (χ1) is 12.7. The fraction of sp³-hybridized carbons (Fsp3) is 0.0500. The molecule has 0 spiro atoms. The lowest BCUT2D eigenvalue weighted by atomic mass is 10.1. The second kappa shape index (κ2) is 5.42. The zero-order valence-electron chi connectivity index (χ0n) is 14.2. The molecule has 0 atom stereocenters. The largest absolute Gasteiger partial charge is 0.382 e. The van der Waals surface area contributed by atoms with Crippen LogP contribution in [0.1, 0.15) is 0 Å². The molecule has 0 saturated heterocycles. The molecule has 5 aromatic rings. The summed E-state index contributed by atoms with van der Waals surface area (Å²) >= 11 is 0. The zero-order valence-corrected chi connectivity index (χ0v) is 14.2. The van der Waals surface area contributed by atoms with Gasteiger partial charge in [-0.05, 0) is 12.1 Å². The summed E-state index contributed by atoms with van der Waals surface area (Å²) in [5, 5.41) is 0. The highest BCUT2D eigenvalue weighted by molar-refractivity contribution is 5.90. The minimum atomic E-state index is 0.464. The first-order valence-electron chi connectivity index (χ1n) is 8.32. The van der Waals surface area contributed by atoms with E-state index in [9.17, 15) is 0 Å². The average Bonchev–Trinajstić information content (AvgIpc) is 3.25. The van der Waals surface area contributed by atoms with Crippen molar-refractivity contribution in [3.63, 3.8) is 0 Å². The van der Waals surface area contributed by atoms with Gasteiger partial charge < -0.3 is 14.7 Å². The molecule has 3 aromatic heterocycles. The van der Waals surface area contributed by atoms with Gasteiger partial charge in [0.1, 0.15) is 23.5 Å². The van der Waals surface area contributed by atoms with E-state index in [-0.39, 0.29) is 0 Å². The lowest BCUT2D eigenvalue weighted by Gasteiger charge is -2.03. The normalized spacial score (nSPS) is 11.4. The average molecular weight is 340 g/mol. The Morgan fingerprint density at radius 1 is 0.962 bits per heavy atom. The molecule has 0 amide bonds. The number of imidazole rings is 2. The van der Waals surface area contributed by atoms with Gasteiger partial charge >= 0.3 is 0 Å². The Labute approximate surface area is 149 Å². The van der Waals surface area contributed by atoms with Crippen molar-refractivity contribution in [1.29, 1.82) is 0 Å². The van der Waals surface area contributed by atoms with Crippen molar-refractivity contribution < 1.29 is 0 Å². The summed E-state index contributed by atoms with van der Waals surface area (Å²) in [6, 6.07) is 16.4. The number of fused-ring (bicyclic) bond motifs is 2. The highest BCUT2D eigenvalue weighted by Gasteiger charge is 2.14. The van der Waals surface area contributed by atoms with Crippen LogP contribution in [0.3, 0.4) is 0 Å². The molecule has 5 rings (SSSR count). The number of benzene rings is 2. The van der Waals surface area contributed by atoms with Gasteiger partial charge in [0.05, 0.1) is 16.7 Å². The van der Waals surface area contributed by atoms with Gasteiger partial charge in [0.15, 0.2) is 0 Å². The molecular formula is C20H16N6. The summed E-state index contributed by atoms with van der Waals surface area (Å²) in [6.07, 6.45) is 5.26. The van der Waals surface area contributed by atoms with E-state index in [1.54, 1.807) is 12.5 Å². The summed E-state index contributed by atoms with van der Waals surface area (Å²) < 4.78 is 3.99. The number of nitrogen functional groups attached to an aromatic ring is 1. The Morgan fingerprint density at radius 3 is 2.65 bits per heavy atom. The van der Waals surface area contributed by atoms with E-state index in [1.807, 2.05) is 41.9 Å². The van der Waals surface area contributed by atoms with E-state index in [1.165, 1.54) is 0 Å². The third kappa shape index (κ3) is 2.09. The van der Waals surface area contributed by atoms with E-state index in [4.69, 9.17) is 10.7 Å². The molecule has 3 heterocycles. The smallest absolute Gasteiger partial charge is 0.150 e. The van der Waals surface area contributed by atoms with Gasteiger partial charge in [0, 0.05) is 30.6 Å². The predicted octanol–water partition coefficient (Wildman–Crippen LogP) is 3.53. The molecule has 6 heteroatoms. The Morgan fingerprint density at radius 2 is 1.81 bits per heavy atom. The standard InChI is InChI=1S/C20H16N6/c1-25-16-8-7-14(17-18-19(21)22-9-10-26(18)12-23-17)11-15(16)24-20(25)13-5-3-2-4-6-13/h2-12H,1H3,(H2,21,22). The highest BCUT2D eigenvalue weighted by atomic mass is 15.1. The van der Waals surface area contributed by atoms with Crippen LogP contribution in [0.2, 0.25) is 0 Å². The number of anilines is 1. The predicted molar refractivity (Wildman–Crippen MR) is 103 cm³/mol. The molecule has 0 radical (unpaired) electrons. The van der Waals surface area contributed by atoms with Crippen molar-refractivity contribution in [2.24, 2.45) is 7.05 Å². The van der Waals surface area contributed by atoms with E-state index >= 15 is 0 Å². The van der Waals surface area contributed by atoms with E-state index in [0.717, 1.165) is 39.2 Å². The van der Waals surface area contributed by atoms with Crippen LogP contribution < -0.4 is 5.73 Å². The minimum absolute atomic E-state index is 0.464. The number of nitrogens with two attached hydrogens (primary N) is 1. The number of aromatic nitrogens is 5. The maximum Gasteiger partial charge on any atom is 0.150 e. The molecule has 26 heavy (non-hydrogen) atoms. The van der Waals surface area contributed by atoms with Gasteiger partial charge in [-0.3, -0.25) is 0 Å². The first-order valence-corrected chi connectivity index (χ1v) is 8.32. The number of nitrogens with zero attached hydrogens (tertiary/aromatic N) is 5. The van der Waals surface area contributed by atoms with Crippen molar-refractivity contribution in [3.8, 4) is 22.6 Å². The van der Waals surface area contributed by atoms with Crippen LogP contribution in [-0.2, 0) is 7.05 Å². The number of rotatable bonds is 2. The highest BCUT2D eigenvalue weighted by Crippen LogP contribution is 2.30. The molecule has 0 bridgehead atoms. The fourth-order valence-corrected chi connectivity index (χ4v) is 3.38. The first kappa shape index (κ1) is 14.7. The maximum atomic E-state index is 6.06. The van der Waals surface area contributed by atoms with Crippen LogP contribution in [-0.4, -0.2) is 23.9 Å². The maximum absolute atomic E-state index is 6.06. The molecule has 0 aliphatic rings. The minimum Gasteiger partial charge on any atom is -0.382 e. The van der Waals surface area contributed by atoms with Gasteiger partial charge in [-0.25, -0.2) is 15.0 Å². The molecular weight excluding hydrogens is 324 g/mol. The molecule has 0 aliphatic carbocycles. The quantitative estimate of drug-likeness (QED) is 0.533. The van der Waals surface area contributed by atoms with Crippen LogP contribution in [0.4, 0.5) is 5.82 Å². The van der Waals surface area contributed by atoms with Crippen molar-refractivity contribution in [3.05, 3.63) is 67.3 Å². The molecule has 0 fully saturated rings. The molecule has 0 unspecified atom stereocenters. The SMILES string of the molecule is Cn1c(-c2ccccc2)nc2cc(-c3ncn4ccnc(N)c34)ccc21. The Bertz CT molecular complexity index is 1250. The third-order valence-corrected chi connectivity index (χ3v) is 4.66. The van der Waals surface area contributed by atoms with Gasteiger partial charge in [-0.15, -0.1) is 0 Å². The van der Waals surface area contributed by atoms with Crippen LogP contribution in [0.25, 0.3) is 39.2 Å². The fourth-order valence-electron chi connectivity index (χ4n) is 3.38. The van der Waals surface area contributed by atoms with Crippen LogP contribution >= 0.6 is 0 Å². The van der Waals surface area contributed by atoms with Crippen LogP contribution in [0.15, 0.2) is 67.3 Å². The second-order valence-electron chi connectivity index (χ2n) is 6.23. The molecule has 6 nitrogen and oxygen atoms in total. The van der Waals surface area contributed by atoms with E-state index in [0.29, 0.717) is 5.82 Å². The second-order valence-corrected chi connectivity index (χ2v) is 6.23. The summed E-state index contributed by atoms with van der Waals surface area (Å²) in [7, 11) is 2.03. The van der Waals surface area contributed by atoms with Gasteiger partial charge in [0.2, 0.25) is 0 Å². The van der Waals surface area contributed by atoms with Crippen molar-refractivity contribution in [2.75, 3.05) is 5.73 Å². The monoisotopic (exact) mass is 340 g/mol. The summed E-state index contributed by atoms with van der Waals surface area (Å²) in [5.74, 6) is 1.40. The third-order valence-electron chi connectivity index (χ3n) is 4.66. The lowest BCUT2D eigenvalue weighted by molar-refractivity contribution is 0.959. The number of hydrogen-bond acceptors (Lipinski definition) is 4. The van der Waals surface area contributed by atoms with E-state index in [2.05, 4.69) is 38.8 Å². The number of hydrogen-bond donors (Lipinski definition) is 1. The topological polar surface area (TPSA) is 74.0 Å². The van der Waals surface area contributed by atoms with Crippen molar-refractivity contribution in [1.82, 2.24) is 23.9 Å². The van der Waals surface area contributed by atoms with Gasteiger partial charge in [-0.2, -0.15) is 0 Å². The molecule has 0 saturated carbocycles. The van der Waals surface area contributed by atoms with E-state index < -0.39 is 0 Å². The molecule has 2 aromatic carbocycles. The van der Waals surface area contributed by atoms with Crippen molar-refractivity contribution in [2.45, 2.75) is 0 Å². The summed E-state index contributed by atoms with van der Waals surface area (Å²) in [4.78, 5) is 13.5. The van der Waals surface area contributed by atoms with Crippen LogP contribution in [0, 0.1) is 0 Å². The summed E-state index contributed by atoms with van der Waals surface area (Å²) in [5.41, 5.74) is 11.7. The van der Waals surface area contributed by atoms with Gasteiger partial charge in [0.25, 0.3) is 0 Å². The summed E-state index contributed by atoms with van der Waals surface area (Å²) in [6.45, 7) is 0. The van der Waals surface area contributed by atoms with Crippen molar-refractivity contribution >= 4 is 22.4 Å². The zero-order chi connectivity index (χ0) is 17.7. The molecule has 0 aliphatic heterocycles.